The molecular formula is C34H23ClN4O3. The SMILES string of the molecule is N#Cc1c(Cl)c2ccccc2n(Cc2ccccc2)c1=O.N#Cc1c(O)c2ccccc2n(Cc2ccccc2)c1=O. The molecule has 0 aliphatic heterocycles. The molecule has 0 bridgehead atoms. The lowest BCUT2D eigenvalue weighted by Crippen LogP contribution is -2.24. The second-order valence-electron chi connectivity index (χ2n) is 9.42. The Labute approximate surface area is 245 Å². The predicted molar refractivity (Wildman–Crippen MR) is 164 cm³/mol. The van der Waals surface area contributed by atoms with Gasteiger partial charge in [-0.3, -0.25) is 9.59 Å². The fourth-order valence-corrected chi connectivity index (χ4v) is 5.08. The summed E-state index contributed by atoms with van der Waals surface area (Å²) >= 11 is 6.19. The van der Waals surface area contributed by atoms with Crippen molar-refractivity contribution in [1.82, 2.24) is 9.13 Å². The summed E-state index contributed by atoms with van der Waals surface area (Å²) in [7, 11) is 0. The molecular weight excluding hydrogens is 548 g/mol. The van der Waals surface area contributed by atoms with Gasteiger partial charge in [0.1, 0.15) is 23.5 Å². The van der Waals surface area contributed by atoms with E-state index in [0.717, 1.165) is 16.6 Å². The van der Waals surface area contributed by atoms with E-state index >= 15 is 0 Å². The van der Waals surface area contributed by atoms with Gasteiger partial charge >= 0.3 is 0 Å². The monoisotopic (exact) mass is 570 g/mol. The van der Waals surface area contributed by atoms with Crippen molar-refractivity contribution in [2.24, 2.45) is 0 Å². The second kappa shape index (κ2) is 12.3. The number of nitriles is 2. The smallest absolute Gasteiger partial charge is 0.273 e. The van der Waals surface area contributed by atoms with Crippen LogP contribution >= 0.6 is 11.6 Å². The van der Waals surface area contributed by atoms with Gasteiger partial charge in [-0.25, -0.2) is 0 Å². The average Bonchev–Trinajstić information content (AvgIpc) is 3.03. The molecule has 2 heterocycles. The zero-order valence-corrected chi connectivity index (χ0v) is 23.0. The summed E-state index contributed by atoms with van der Waals surface area (Å²) in [6.07, 6.45) is 0. The summed E-state index contributed by atoms with van der Waals surface area (Å²) < 4.78 is 3.11. The van der Waals surface area contributed by atoms with Crippen LogP contribution in [0.2, 0.25) is 5.02 Å². The topological polar surface area (TPSA) is 112 Å². The lowest BCUT2D eigenvalue weighted by Gasteiger charge is -2.12. The highest BCUT2D eigenvalue weighted by Crippen LogP contribution is 2.26. The lowest BCUT2D eigenvalue weighted by molar-refractivity contribution is 0.477. The minimum Gasteiger partial charge on any atom is -0.506 e. The first kappa shape index (κ1) is 27.9. The van der Waals surface area contributed by atoms with Gasteiger partial charge in [-0.05, 0) is 29.3 Å². The molecule has 204 valence electrons. The largest absolute Gasteiger partial charge is 0.506 e. The minimum absolute atomic E-state index is 0.00806. The average molecular weight is 571 g/mol. The van der Waals surface area contributed by atoms with Crippen LogP contribution in [-0.4, -0.2) is 14.2 Å². The van der Waals surface area contributed by atoms with Crippen molar-refractivity contribution in [3.05, 3.63) is 157 Å². The molecule has 42 heavy (non-hydrogen) atoms. The Morgan fingerprint density at radius 3 is 1.50 bits per heavy atom. The Kier molecular flexibility index (Phi) is 8.15. The van der Waals surface area contributed by atoms with E-state index in [9.17, 15) is 20.0 Å². The van der Waals surface area contributed by atoms with Crippen LogP contribution in [-0.2, 0) is 13.1 Å². The van der Waals surface area contributed by atoms with Crippen LogP contribution < -0.4 is 11.1 Å². The Morgan fingerprint density at radius 1 is 0.595 bits per heavy atom. The van der Waals surface area contributed by atoms with E-state index in [1.165, 1.54) is 4.57 Å². The zero-order chi connectivity index (χ0) is 29.6. The molecule has 0 atom stereocenters. The van der Waals surface area contributed by atoms with Crippen LogP contribution in [0.25, 0.3) is 21.8 Å². The van der Waals surface area contributed by atoms with Crippen molar-refractivity contribution in [1.29, 1.82) is 10.5 Å². The minimum atomic E-state index is -0.474. The number of para-hydroxylation sites is 2. The molecule has 0 radical (unpaired) electrons. The number of hydrogen-bond donors (Lipinski definition) is 1. The highest BCUT2D eigenvalue weighted by atomic mass is 35.5. The van der Waals surface area contributed by atoms with Gasteiger partial charge in [0.05, 0.1) is 29.1 Å². The highest BCUT2D eigenvalue weighted by molar-refractivity contribution is 6.36. The van der Waals surface area contributed by atoms with Gasteiger partial charge in [-0.15, -0.1) is 0 Å². The maximum Gasteiger partial charge on any atom is 0.273 e. The molecule has 0 saturated heterocycles. The van der Waals surface area contributed by atoms with Crippen molar-refractivity contribution >= 4 is 33.4 Å². The van der Waals surface area contributed by atoms with Crippen molar-refractivity contribution in [2.75, 3.05) is 0 Å². The van der Waals surface area contributed by atoms with E-state index in [4.69, 9.17) is 16.9 Å². The predicted octanol–water partition coefficient (Wildman–Crippen LogP) is 6.20. The molecule has 0 aliphatic rings. The summed E-state index contributed by atoms with van der Waals surface area (Å²) in [5.41, 5.74) is 2.24. The molecule has 8 heteroatoms. The van der Waals surface area contributed by atoms with Gasteiger partial charge in [0.15, 0.2) is 5.56 Å². The van der Waals surface area contributed by atoms with Gasteiger partial charge in [0.25, 0.3) is 11.1 Å². The molecule has 6 rings (SSSR count). The van der Waals surface area contributed by atoms with Crippen molar-refractivity contribution < 1.29 is 5.11 Å². The molecule has 0 fully saturated rings. The highest BCUT2D eigenvalue weighted by Gasteiger charge is 2.16. The van der Waals surface area contributed by atoms with E-state index in [1.54, 1.807) is 34.9 Å². The van der Waals surface area contributed by atoms with Crippen LogP contribution in [0.5, 0.6) is 5.75 Å². The van der Waals surface area contributed by atoms with E-state index in [2.05, 4.69) is 0 Å². The maximum absolute atomic E-state index is 12.5. The molecule has 0 saturated carbocycles. The van der Waals surface area contributed by atoms with Crippen LogP contribution in [0.15, 0.2) is 119 Å². The Hall–Kier alpha value is -5.63. The zero-order valence-electron chi connectivity index (χ0n) is 22.2. The number of hydrogen-bond acceptors (Lipinski definition) is 5. The van der Waals surface area contributed by atoms with Crippen molar-refractivity contribution in [3.63, 3.8) is 0 Å². The fourth-order valence-electron chi connectivity index (χ4n) is 4.80. The number of pyridine rings is 2. The molecule has 0 unspecified atom stereocenters. The molecule has 0 amide bonds. The molecule has 6 aromatic rings. The Bertz CT molecular complexity index is 1970. The van der Waals surface area contributed by atoms with Crippen molar-refractivity contribution in [2.45, 2.75) is 13.1 Å². The third kappa shape index (κ3) is 5.38. The number of halogens is 1. The third-order valence-electron chi connectivity index (χ3n) is 6.85. The van der Waals surface area contributed by atoms with E-state index in [1.807, 2.05) is 91.0 Å². The molecule has 2 aromatic heterocycles. The number of benzene rings is 4. The molecule has 7 nitrogen and oxygen atoms in total. The Balaban J connectivity index is 0.000000168. The number of aromatic nitrogens is 2. The molecule has 0 spiro atoms. The molecule has 4 aromatic carbocycles. The van der Waals surface area contributed by atoms with E-state index in [-0.39, 0.29) is 27.5 Å². The van der Waals surface area contributed by atoms with Crippen LogP contribution in [0, 0.1) is 22.7 Å². The molecule has 1 N–H and O–H groups in total. The number of rotatable bonds is 4. The van der Waals surface area contributed by atoms with Gasteiger partial charge < -0.3 is 14.2 Å². The van der Waals surface area contributed by atoms with Gasteiger partial charge in [-0.2, -0.15) is 10.5 Å². The van der Waals surface area contributed by atoms with Gasteiger partial charge in [0.2, 0.25) is 0 Å². The Morgan fingerprint density at radius 2 is 1.00 bits per heavy atom. The number of nitrogens with zero attached hydrogens (tertiary/aromatic N) is 4. The number of aromatic hydroxyl groups is 1. The van der Waals surface area contributed by atoms with Crippen LogP contribution in [0.3, 0.4) is 0 Å². The molecule has 0 aliphatic carbocycles. The summed E-state index contributed by atoms with van der Waals surface area (Å²) in [6, 6.07) is 37.3. The van der Waals surface area contributed by atoms with E-state index in [0.29, 0.717) is 29.4 Å². The third-order valence-corrected chi connectivity index (χ3v) is 7.24. The first-order chi connectivity index (χ1) is 20.4. The first-order valence-electron chi connectivity index (χ1n) is 13.0. The summed E-state index contributed by atoms with van der Waals surface area (Å²) in [5, 5.41) is 29.9. The first-order valence-corrected chi connectivity index (χ1v) is 13.4. The van der Waals surface area contributed by atoms with Crippen LogP contribution in [0.4, 0.5) is 0 Å². The normalized spacial score (nSPS) is 10.5. The standard InChI is InChI=1S/C17H11ClN2O.C17H12N2O2/c18-16-13-8-4-5-9-15(13)20(17(21)14(16)10-19)11-12-6-2-1-3-7-12;18-10-14-16(20)13-8-4-5-9-15(13)19(17(14)21)11-12-6-2-1-3-7-12/h1-9H,11H2;1-9,20H,11H2. The van der Waals surface area contributed by atoms with Gasteiger partial charge in [-0.1, -0.05) is 103 Å². The van der Waals surface area contributed by atoms with Gasteiger partial charge in [0, 0.05) is 10.8 Å². The summed E-state index contributed by atoms with van der Waals surface area (Å²) in [5.74, 6) is -0.248. The second-order valence-corrected chi connectivity index (χ2v) is 9.80. The quantitative estimate of drug-likeness (QED) is 0.271. The van der Waals surface area contributed by atoms with Crippen molar-refractivity contribution in [3.8, 4) is 17.9 Å². The lowest BCUT2D eigenvalue weighted by atomic mass is 10.1. The maximum atomic E-state index is 12.5. The van der Waals surface area contributed by atoms with E-state index < -0.39 is 5.56 Å². The fraction of sp³-hybridized carbons (Fsp3) is 0.0588. The number of fused-ring (bicyclic) bond motifs is 2. The summed E-state index contributed by atoms with van der Waals surface area (Å²) in [4.78, 5) is 24.9. The van der Waals surface area contributed by atoms with Crippen LogP contribution in [0.1, 0.15) is 22.3 Å². The summed E-state index contributed by atoms with van der Waals surface area (Å²) in [6.45, 7) is 0.765.